The van der Waals surface area contributed by atoms with Gasteiger partial charge in [-0.25, -0.2) is 17.8 Å². The van der Waals surface area contributed by atoms with E-state index in [0.29, 0.717) is 35.9 Å². The number of rotatable bonds is 8. The second-order valence-corrected chi connectivity index (χ2v) is 12.5. The fraction of sp³-hybridized carbons (Fsp3) is 0.226. The number of hydrogen-bond donors (Lipinski definition) is 1. The first-order valence-corrected chi connectivity index (χ1v) is 15.6. The van der Waals surface area contributed by atoms with Crippen molar-refractivity contribution in [1.82, 2.24) is 20.3 Å². The van der Waals surface area contributed by atoms with Crippen molar-refractivity contribution >= 4 is 49.2 Å². The Morgan fingerprint density at radius 1 is 1.09 bits per heavy atom. The molecule has 0 saturated heterocycles. The number of para-hydroxylation sites is 1. The molecule has 1 N–H and O–H groups in total. The van der Waals surface area contributed by atoms with E-state index in [1.807, 2.05) is 36.4 Å². The highest BCUT2D eigenvalue weighted by Crippen LogP contribution is 2.38. The molecule has 0 fully saturated rings. The van der Waals surface area contributed by atoms with Crippen molar-refractivity contribution in [2.75, 3.05) is 26.9 Å². The van der Waals surface area contributed by atoms with Crippen LogP contribution in [0.5, 0.6) is 11.5 Å². The van der Waals surface area contributed by atoms with Gasteiger partial charge in [-0.2, -0.15) is 0 Å². The van der Waals surface area contributed by atoms with Crippen LogP contribution in [0, 0.1) is 0 Å². The Balaban J connectivity index is 1.23. The van der Waals surface area contributed by atoms with Gasteiger partial charge in [-0.05, 0) is 36.4 Å². The molecule has 0 unspecified atom stereocenters. The maximum atomic E-state index is 14.3. The van der Waals surface area contributed by atoms with Gasteiger partial charge in [0.25, 0.3) is 5.91 Å². The molecule has 0 spiro atoms. The number of sulfone groups is 1. The van der Waals surface area contributed by atoms with Crippen LogP contribution in [-0.2, 0) is 21.1 Å². The number of alkyl halides is 1. The third-order valence-electron chi connectivity index (χ3n) is 7.08. The van der Waals surface area contributed by atoms with Crippen molar-refractivity contribution in [1.29, 1.82) is 0 Å². The molecular formula is C31H26ClFN4O6S. The molecule has 2 aromatic carbocycles. The minimum atomic E-state index is -4.37. The van der Waals surface area contributed by atoms with Gasteiger partial charge in [-0.1, -0.05) is 29.8 Å². The van der Waals surface area contributed by atoms with Crippen LogP contribution in [0.1, 0.15) is 22.5 Å². The topological polar surface area (TPSA) is 130 Å². The number of nitrogens with one attached hydrogen (secondary N) is 1. The van der Waals surface area contributed by atoms with Gasteiger partial charge in [0.15, 0.2) is 5.75 Å². The lowest BCUT2D eigenvalue weighted by molar-refractivity contribution is 0.0950. The quantitative estimate of drug-likeness (QED) is 0.225. The molecular weight excluding hydrogens is 611 g/mol. The SMILES string of the molecule is COCCOc1cnc2c(-c3ccc4cnc(CNC(=O)c5cc(Cl)c6c(c5)S(=O)(=O)[C@@H](F)CCO6)cc4n3)cccc2c1. The molecule has 226 valence electrons. The van der Waals surface area contributed by atoms with E-state index in [9.17, 15) is 17.6 Å². The summed E-state index contributed by atoms with van der Waals surface area (Å²) in [7, 11) is -2.75. The molecule has 3 aromatic heterocycles. The molecule has 10 nitrogen and oxygen atoms in total. The Morgan fingerprint density at radius 3 is 2.80 bits per heavy atom. The average molecular weight is 637 g/mol. The van der Waals surface area contributed by atoms with Crippen LogP contribution in [0.3, 0.4) is 0 Å². The molecule has 1 amide bonds. The van der Waals surface area contributed by atoms with Gasteiger partial charge >= 0.3 is 0 Å². The summed E-state index contributed by atoms with van der Waals surface area (Å²) in [5.41, 5.74) is 1.29. The third kappa shape index (κ3) is 5.88. The number of methoxy groups -OCH3 is 1. The predicted molar refractivity (Wildman–Crippen MR) is 162 cm³/mol. The highest BCUT2D eigenvalue weighted by Gasteiger charge is 2.35. The first kappa shape index (κ1) is 29.7. The lowest BCUT2D eigenvalue weighted by atomic mass is 10.1. The Kier molecular flexibility index (Phi) is 8.30. The Morgan fingerprint density at radius 2 is 1.95 bits per heavy atom. The van der Waals surface area contributed by atoms with E-state index >= 15 is 0 Å². The van der Waals surface area contributed by atoms with Crippen molar-refractivity contribution in [2.24, 2.45) is 0 Å². The van der Waals surface area contributed by atoms with Crippen LogP contribution in [-0.4, -0.2) is 61.7 Å². The molecule has 0 bridgehead atoms. The Hall–Kier alpha value is -4.39. The van der Waals surface area contributed by atoms with Crippen molar-refractivity contribution in [2.45, 2.75) is 23.4 Å². The van der Waals surface area contributed by atoms with Crippen LogP contribution in [0.2, 0.25) is 5.02 Å². The number of aromatic nitrogens is 3. The molecule has 1 atom stereocenters. The fourth-order valence-corrected chi connectivity index (χ4v) is 6.57. The summed E-state index contributed by atoms with van der Waals surface area (Å²) in [6, 6.07) is 15.7. The minimum Gasteiger partial charge on any atom is -0.490 e. The second kappa shape index (κ2) is 12.3. The van der Waals surface area contributed by atoms with E-state index < -0.39 is 26.1 Å². The molecule has 0 saturated carbocycles. The summed E-state index contributed by atoms with van der Waals surface area (Å²) >= 11 is 6.23. The molecule has 0 aliphatic carbocycles. The van der Waals surface area contributed by atoms with Gasteiger partial charge < -0.3 is 19.5 Å². The van der Waals surface area contributed by atoms with Crippen molar-refractivity contribution < 1.29 is 31.8 Å². The van der Waals surface area contributed by atoms with E-state index in [4.69, 9.17) is 30.8 Å². The van der Waals surface area contributed by atoms with E-state index in [1.165, 1.54) is 6.07 Å². The molecule has 44 heavy (non-hydrogen) atoms. The Labute approximate surface area is 257 Å². The number of benzene rings is 2. The number of pyridine rings is 3. The summed E-state index contributed by atoms with van der Waals surface area (Å²) < 4.78 is 55.7. The molecule has 5 aromatic rings. The number of halogens is 2. The number of hydrogen-bond acceptors (Lipinski definition) is 9. The zero-order valence-corrected chi connectivity index (χ0v) is 25.0. The highest BCUT2D eigenvalue weighted by atomic mass is 35.5. The predicted octanol–water partition coefficient (Wildman–Crippen LogP) is 5.31. The van der Waals surface area contributed by atoms with Crippen molar-refractivity contribution in [3.05, 3.63) is 83.3 Å². The van der Waals surface area contributed by atoms with Gasteiger partial charge in [0.2, 0.25) is 15.3 Å². The maximum absolute atomic E-state index is 14.3. The number of carbonyl (C=O) groups excluding carboxylic acids is 1. The monoisotopic (exact) mass is 636 g/mol. The zero-order valence-electron chi connectivity index (χ0n) is 23.4. The molecule has 6 rings (SSSR count). The molecule has 0 radical (unpaired) electrons. The summed E-state index contributed by atoms with van der Waals surface area (Å²) in [4.78, 5) is 26.4. The summed E-state index contributed by atoms with van der Waals surface area (Å²) in [5, 5.41) is 4.32. The van der Waals surface area contributed by atoms with Gasteiger partial charge in [0.1, 0.15) is 17.3 Å². The normalized spacial score (nSPS) is 15.8. The number of amides is 1. The maximum Gasteiger partial charge on any atom is 0.251 e. The molecule has 4 heterocycles. The number of fused-ring (bicyclic) bond motifs is 3. The first-order valence-electron chi connectivity index (χ1n) is 13.6. The minimum absolute atomic E-state index is 0.0199. The van der Waals surface area contributed by atoms with E-state index in [2.05, 4.69) is 15.3 Å². The number of carbonyl (C=O) groups is 1. The highest BCUT2D eigenvalue weighted by molar-refractivity contribution is 7.92. The van der Waals surface area contributed by atoms with Crippen LogP contribution >= 0.6 is 11.6 Å². The molecule has 1 aliphatic rings. The third-order valence-corrected chi connectivity index (χ3v) is 9.19. The lowest BCUT2D eigenvalue weighted by Gasteiger charge is -2.12. The lowest BCUT2D eigenvalue weighted by Crippen LogP contribution is -2.24. The first-order chi connectivity index (χ1) is 21.2. The molecule has 1 aliphatic heterocycles. The smallest absolute Gasteiger partial charge is 0.251 e. The van der Waals surface area contributed by atoms with Crippen molar-refractivity contribution in [3.63, 3.8) is 0 Å². The summed E-state index contributed by atoms with van der Waals surface area (Å²) in [6.45, 7) is 0.767. The van der Waals surface area contributed by atoms with Crippen LogP contribution in [0.4, 0.5) is 4.39 Å². The fourth-order valence-electron chi connectivity index (χ4n) is 4.84. The van der Waals surface area contributed by atoms with Crippen molar-refractivity contribution in [3.8, 4) is 22.8 Å². The van der Waals surface area contributed by atoms with Gasteiger partial charge in [0, 0.05) is 41.6 Å². The summed E-state index contributed by atoms with van der Waals surface area (Å²) in [6.07, 6.45) is 2.99. The summed E-state index contributed by atoms with van der Waals surface area (Å²) in [5.74, 6) is -0.120. The van der Waals surface area contributed by atoms with Gasteiger partial charge in [-0.15, -0.1) is 0 Å². The second-order valence-electron chi connectivity index (χ2n) is 10.0. The van der Waals surface area contributed by atoms with E-state index in [0.717, 1.165) is 27.9 Å². The van der Waals surface area contributed by atoms with E-state index in [1.54, 1.807) is 25.6 Å². The Bertz CT molecular complexity index is 2010. The van der Waals surface area contributed by atoms with Gasteiger partial charge in [0.05, 0.1) is 53.4 Å². The van der Waals surface area contributed by atoms with Crippen LogP contribution in [0.15, 0.2) is 71.9 Å². The van der Waals surface area contributed by atoms with Crippen LogP contribution in [0.25, 0.3) is 33.1 Å². The number of nitrogens with zero attached hydrogens (tertiary/aromatic N) is 3. The van der Waals surface area contributed by atoms with Crippen LogP contribution < -0.4 is 14.8 Å². The van der Waals surface area contributed by atoms with E-state index in [-0.39, 0.29) is 35.9 Å². The number of ether oxygens (including phenoxy) is 3. The largest absolute Gasteiger partial charge is 0.490 e. The van der Waals surface area contributed by atoms with Gasteiger partial charge in [-0.3, -0.25) is 14.8 Å². The zero-order chi connectivity index (χ0) is 30.8. The standard InChI is InChI=1S/C31H26ClFN4O6S/c1-41-9-10-42-22-11-18-3-2-4-23(29(18)35-17-22)25-6-5-19-15-34-21(14-26(19)37-25)16-36-31(38)20-12-24(32)30-27(13-20)44(39,40)28(33)7-8-43-30/h2-6,11-15,17,28H,7-10,16H2,1H3,(H,36,38)/t28-/m1/s1. The average Bonchev–Trinajstić information content (AvgIpc) is 3.14. The molecule has 13 heteroatoms.